The number of urea groups is 1. The first kappa shape index (κ1) is 15.0. The van der Waals surface area contributed by atoms with Crippen molar-refractivity contribution >= 4 is 18.0 Å². The first-order valence-electron chi connectivity index (χ1n) is 7.33. The Balaban J connectivity index is 1.84. The zero-order chi connectivity index (χ0) is 16.4. The van der Waals surface area contributed by atoms with E-state index in [-0.39, 0.29) is 12.2 Å². The molecule has 0 atom stereocenters. The van der Waals surface area contributed by atoms with Gasteiger partial charge >= 0.3 is 6.03 Å². The Labute approximate surface area is 133 Å². The summed E-state index contributed by atoms with van der Waals surface area (Å²) in [5.41, 5.74) is 1.32. The van der Waals surface area contributed by atoms with E-state index in [0.29, 0.717) is 5.56 Å². The zero-order valence-electron chi connectivity index (χ0n) is 12.6. The van der Waals surface area contributed by atoms with Crippen molar-refractivity contribution in [3.8, 4) is 0 Å². The number of nitrogens with zero attached hydrogens (tertiary/aromatic N) is 2. The number of carbonyl (C=O) groups excluding carboxylic acids is 2. The number of hydrogen-bond acceptors (Lipinski definition) is 2. The minimum atomic E-state index is -0.542. The van der Waals surface area contributed by atoms with Crippen LogP contribution in [0.5, 0.6) is 0 Å². The van der Waals surface area contributed by atoms with E-state index >= 15 is 0 Å². The zero-order valence-corrected chi connectivity index (χ0v) is 12.6. The lowest BCUT2D eigenvalue weighted by atomic mass is 10.2. The van der Waals surface area contributed by atoms with Gasteiger partial charge in [-0.25, -0.2) is 9.18 Å². The number of aromatic nitrogens is 1. The highest BCUT2D eigenvalue weighted by atomic mass is 19.1. The maximum Gasteiger partial charge on any atom is 0.329 e. The van der Waals surface area contributed by atoms with Gasteiger partial charge in [0.1, 0.15) is 11.5 Å². The maximum atomic E-state index is 13.7. The van der Waals surface area contributed by atoms with Crippen LogP contribution in [0.25, 0.3) is 6.08 Å². The molecule has 3 rings (SSSR count). The quantitative estimate of drug-likeness (QED) is 0.697. The molecule has 0 unspecified atom stereocenters. The van der Waals surface area contributed by atoms with Crippen molar-refractivity contribution in [2.45, 2.75) is 20.0 Å². The standard InChI is InChI=1S/C17H16FN3O2/c1-2-20-9-5-7-13(20)10-15-16(22)21(17(23)19-15)11-12-6-3-4-8-14(12)18/h3-10H,2,11H2,1H3,(H,19,23)/b15-10+. The topological polar surface area (TPSA) is 54.3 Å². The van der Waals surface area contributed by atoms with Gasteiger partial charge < -0.3 is 9.88 Å². The number of benzene rings is 1. The van der Waals surface area contributed by atoms with Crippen molar-refractivity contribution in [3.05, 3.63) is 65.4 Å². The van der Waals surface area contributed by atoms with Crippen molar-refractivity contribution in [3.63, 3.8) is 0 Å². The van der Waals surface area contributed by atoms with Crippen LogP contribution in [0.2, 0.25) is 0 Å². The molecule has 5 nitrogen and oxygen atoms in total. The molecule has 1 N–H and O–H groups in total. The van der Waals surface area contributed by atoms with Crippen molar-refractivity contribution in [1.29, 1.82) is 0 Å². The largest absolute Gasteiger partial charge is 0.348 e. The fraction of sp³-hybridized carbons (Fsp3) is 0.176. The van der Waals surface area contributed by atoms with Crippen molar-refractivity contribution < 1.29 is 14.0 Å². The first-order valence-corrected chi connectivity index (χ1v) is 7.33. The monoisotopic (exact) mass is 313 g/mol. The smallest absolute Gasteiger partial charge is 0.329 e. The summed E-state index contributed by atoms with van der Waals surface area (Å²) in [4.78, 5) is 25.4. The molecular formula is C17H16FN3O2. The Morgan fingerprint density at radius 2 is 1.96 bits per heavy atom. The van der Waals surface area contributed by atoms with Gasteiger partial charge in [0.2, 0.25) is 0 Å². The highest BCUT2D eigenvalue weighted by Crippen LogP contribution is 2.18. The Kier molecular flexibility index (Phi) is 3.97. The molecule has 1 aromatic carbocycles. The van der Waals surface area contributed by atoms with E-state index in [2.05, 4.69) is 5.32 Å². The van der Waals surface area contributed by atoms with E-state index in [4.69, 9.17) is 0 Å². The van der Waals surface area contributed by atoms with Crippen LogP contribution in [0.15, 0.2) is 48.3 Å². The Hall–Kier alpha value is -2.89. The van der Waals surface area contributed by atoms with Gasteiger partial charge in [0.15, 0.2) is 0 Å². The highest BCUT2D eigenvalue weighted by Gasteiger charge is 2.34. The normalized spacial score (nSPS) is 16.3. The number of nitrogens with one attached hydrogen (secondary N) is 1. The number of hydrogen-bond donors (Lipinski definition) is 1. The summed E-state index contributed by atoms with van der Waals surface area (Å²) in [5.74, 6) is -0.896. The summed E-state index contributed by atoms with van der Waals surface area (Å²) < 4.78 is 15.7. The summed E-state index contributed by atoms with van der Waals surface area (Å²) in [6.45, 7) is 2.65. The van der Waals surface area contributed by atoms with Crippen LogP contribution < -0.4 is 5.32 Å². The number of amides is 3. The molecule has 1 aliphatic rings. The molecule has 1 saturated heterocycles. The molecule has 1 aliphatic heterocycles. The van der Waals surface area contributed by atoms with Crippen LogP contribution >= 0.6 is 0 Å². The van der Waals surface area contributed by atoms with Crippen LogP contribution in [0.3, 0.4) is 0 Å². The van der Waals surface area contributed by atoms with E-state index < -0.39 is 17.8 Å². The van der Waals surface area contributed by atoms with E-state index in [1.165, 1.54) is 6.07 Å². The molecule has 1 aromatic heterocycles. The predicted molar refractivity (Wildman–Crippen MR) is 83.6 cm³/mol. The predicted octanol–water partition coefficient (Wildman–Crippen LogP) is 2.74. The third-order valence-electron chi connectivity index (χ3n) is 3.75. The summed E-state index contributed by atoms with van der Waals surface area (Å²) >= 11 is 0. The lowest BCUT2D eigenvalue weighted by molar-refractivity contribution is -0.123. The molecule has 0 bridgehead atoms. The number of rotatable bonds is 4. The van der Waals surface area contributed by atoms with E-state index in [1.54, 1.807) is 24.3 Å². The molecule has 0 saturated carbocycles. The van der Waals surface area contributed by atoms with Crippen molar-refractivity contribution in [1.82, 2.24) is 14.8 Å². The van der Waals surface area contributed by atoms with Crippen LogP contribution in [0, 0.1) is 5.82 Å². The molecule has 118 valence electrons. The summed E-state index contributed by atoms with van der Waals surface area (Å²) in [6.07, 6.45) is 3.52. The fourth-order valence-electron chi connectivity index (χ4n) is 2.51. The highest BCUT2D eigenvalue weighted by molar-refractivity contribution is 6.13. The molecule has 0 radical (unpaired) electrons. The molecule has 2 aromatic rings. The second-order valence-corrected chi connectivity index (χ2v) is 5.19. The first-order chi connectivity index (χ1) is 11.1. The number of carbonyl (C=O) groups is 2. The summed E-state index contributed by atoms with van der Waals surface area (Å²) in [6, 6.07) is 9.28. The van der Waals surface area contributed by atoms with E-state index in [0.717, 1.165) is 17.1 Å². The number of aryl methyl sites for hydroxylation is 1. The number of imide groups is 1. The van der Waals surface area contributed by atoms with Crippen LogP contribution in [0.1, 0.15) is 18.2 Å². The van der Waals surface area contributed by atoms with Gasteiger partial charge in [0, 0.05) is 24.0 Å². The van der Waals surface area contributed by atoms with E-state index in [9.17, 15) is 14.0 Å². The average Bonchev–Trinajstić information content (AvgIpc) is 3.09. The lowest BCUT2D eigenvalue weighted by Gasteiger charge is -2.12. The molecule has 0 aliphatic carbocycles. The van der Waals surface area contributed by atoms with Gasteiger partial charge in [0.25, 0.3) is 5.91 Å². The second kappa shape index (κ2) is 6.08. The van der Waals surface area contributed by atoms with Gasteiger partial charge in [-0.15, -0.1) is 0 Å². The molecule has 0 spiro atoms. The second-order valence-electron chi connectivity index (χ2n) is 5.19. The van der Waals surface area contributed by atoms with Gasteiger partial charge in [0.05, 0.1) is 6.54 Å². The van der Waals surface area contributed by atoms with Crippen LogP contribution in [-0.4, -0.2) is 21.4 Å². The average molecular weight is 313 g/mol. The summed E-state index contributed by atoms with van der Waals surface area (Å²) in [7, 11) is 0. The Morgan fingerprint density at radius 1 is 1.17 bits per heavy atom. The Morgan fingerprint density at radius 3 is 2.70 bits per heavy atom. The third kappa shape index (κ3) is 2.88. The van der Waals surface area contributed by atoms with Crippen LogP contribution in [0.4, 0.5) is 9.18 Å². The van der Waals surface area contributed by atoms with Gasteiger partial charge in [-0.1, -0.05) is 18.2 Å². The Bertz CT molecular complexity index is 795. The van der Waals surface area contributed by atoms with E-state index in [1.807, 2.05) is 29.8 Å². The lowest BCUT2D eigenvalue weighted by Crippen LogP contribution is -2.30. The van der Waals surface area contributed by atoms with Crippen LogP contribution in [-0.2, 0) is 17.9 Å². The minimum absolute atomic E-state index is 0.0938. The fourth-order valence-corrected chi connectivity index (χ4v) is 2.51. The molecular weight excluding hydrogens is 297 g/mol. The van der Waals surface area contributed by atoms with Gasteiger partial charge in [-0.2, -0.15) is 0 Å². The van der Waals surface area contributed by atoms with Gasteiger partial charge in [-0.3, -0.25) is 9.69 Å². The SMILES string of the molecule is CCn1cccc1/C=C1/NC(=O)N(Cc2ccccc2F)C1=O. The minimum Gasteiger partial charge on any atom is -0.348 e. The van der Waals surface area contributed by atoms with Crippen molar-refractivity contribution in [2.75, 3.05) is 0 Å². The van der Waals surface area contributed by atoms with Crippen molar-refractivity contribution in [2.24, 2.45) is 0 Å². The molecule has 2 heterocycles. The maximum absolute atomic E-state index is 13.7. The molecule has 6 heteroatoms. The molecule has 23 heavy (non-hydrogen) atoms. The number of halogens is 1. The van der Waals surface area contributed by atoms with Gasteiger partial charge in [-0.05, 0) is 31.2 Å². The summed E-state index contributed by atoms with van der Waals surface area (Å²) in [5, 5.41) is 2.55. The molecule has 1 fully saturated rings. The molecule has 3 amide bonds. The third-order valence-corrected chi connectivity index (χ3v) is 3.75.